The van der Waals surface area contributed by atoms with Crippen LogP contribution < -0.4 is 0 Å². The second-order valence-corrected chi connectivity index (χ2v) is 3.09. The molecule has 0 aromatic carbocycles. The van der Waals surface area contributed by atoms with Gasteiger partial charge >= 0.3 is 0 Å². The van der Waals surface area contributed by atoms with Crippen LogP contribution in [0.4, 0.5) is 5.95 Å². The lowest BCUT2D eigenvalue weighted by molar-refractivity contribution is 0.831. The Labute approximate surface area is 73.2 Å². The topological polar surface area (TPSA) is 39.9 Å². The Morgan fingerprint density at radius 2 is 2.08 bits per heavy atom. The third-order valence-electron chi connectivity index (χ3n) is 1.83. The molecule has 0 atom stereocenters. The first-order valence-corrected chi connectivity index (χ1v) is 4.08. The molecule has 0 aliphatic carbocycles. The fourth-order valence-corrected chi connectivity index (χ4v) is 1.14. The van der Waals surface area contributed by atoms with Gasteiger partial charge in [0.1, 0.15) is 0 Å². The number of aryl methyl sites for hydroxylation is 1. The van der Waals surface area contributed by atoms with Gasteiger partial charge in [0.2, 0.25) is 0 Å². The van der Waals surface area contributed by atoms with Crippen molar-refractivity contribution in [3.63, 3.8) is 0 Å². The largest absolute Gasteiger partial charge is 0.397 e. The zero-order chi connectivity index (χ0) is 9.14. The average Bonchev–Trinajstić information content (AvgIpc) is 2.03. The molecule has 1 aromatic heterocycles. The summed E-state index contributed by atoms with van der Waals surface area (Å²) >= 11 is 0. The minimum Gasteiger partial charge on any atom is -0.397 e. The lowest BCUT2D eigenvalue weighted by atomic mass is 10.0. The van der Waals surface area contributed by atoms with Gasteiger partial charge in [0.05, 0.1) is 0 Å². The Kier molecular flexibility index (Phi) is 2.63. The maximum absolute atomic E-state index is 4.24. The summed E-state index contributed by atoms with van der Waals surface area (Å²) < 4.78 is 0. The van der Waals surface area contributed by atoms with Gasteiger partial charge in [-0.15, -0.1) is 0 Å². The second-order valence-electron chi connectivity index (χ2n) is 3.09. The van der Waals surface area contributed by atoms with Gasteiger partial charge in [-0.05, 0) is 37.3 Å². The third kappa shape index (κ3) is 1.72. The summed E-state index contributed by atoms with van der Waals surface area (Å²) in [6, 6.07) is 0. The number of rotatable bonds is 2. The zero-order valence-corrected chi connectivity index (χ0v) is 8.00. The summed E-state index contributed by atoms with van der Waals surface area (Å²) in [6.45, 7) is 6.26. The van der Waals surface area contributed by atoms with Gasteiger partial charge in [0, 0.05) is 5.95 Å². The SMILES string of the molecule is C[N-]c1ncc(C(C)C)c(C)n1. The molecule has 0 spiro atoms. The number of hydrogen-bond donors (Lipinski definition) is 0. The maximum Gasteiger partial charge on any atom is 0.0231 e. The van der Waals surface area contributed by atoms with Gasteiger partial charge < -0.3 is 15.3 Å². The molecule has 0 radical (unpaired) electrons. The minimum atomic E-state index is 0.482. The number of nitrogens with zero attached hydrogens (tertiary/aromatic N) is 3. The van der Waals surface area contributed by atoms with Gasteiger partial charge in [-0.25, -0.2) is 0 Å². The highest BCUT2D eigenvalue weighted by Gasteiger charge is 1.99. The molecule has 1 heterocycles. The molecule has 3 heteroatoms. The predicted octanol–water partition coefficient (Wildman–Crippen LogP) is 2.54. The summed E-state index contributed by atoms with van der Waals surface area (Å²) in [5.74, 6) is 1.05. The Morgan fingerprint density at radius 3 is 2.50 bits per heavy atom. The van der Waals surface area contributed by atoms with Gasteiger partial charge in [0.25, 0.3) is 0 Å². The summed E-state index contributed by atoms with van der Waals surface area (Å²) in [5.41, 5.74) is 2.23. The van der Waals surface area contributed by atoms with E-state index >= 15 is 0 Å². The number of hydrogen-bond acceptors (Lipinski definition) is 2. The molecule has 0 aliphatic heterocycles. The van der Waals surface area contributed by atoms with Crippen LogP contribution in [0.25, 0.3) is 5.32 Å². The molecule has 12 heavy (non-hydrogen) atoms. The minimum absolute atomic E-state index is 0.482. The lowest BCUT2D eigenvalue weighted by Crippen LogP contribution is -1.96. The monoisotopic (exact) mass is 164 g/mol. The van der Waals surface area contributed by atoms with Crippen LogP contribution in [-0.4, -0.2) is 17.0 Å². The Morgan fingerprint density at radius 1 is 1.42 bits per heavy atom. The van der Waals surface area contributed by atoms with E-state index in [1.165, 1.54) is 5.56 Å². The Bertz CT molecular complexity index is 268. The van der Waals surface area contributed by atoms with Crippen molar-refractivity contribution >= 4 is 5.95 Å². The summed E-state index contributed by atoms with van der Waals surface area (Å²) in [5, 5.41) is 3.91. The van der Waals surface area contributed by atoms with E-state index in [0.717, 1.165) is 5.69 Å². The van der Waals surface area contributed by atoms with E-state index in [0.29, 0.717) is 11.9 Å². The molecule has 1 aromatic rings. The molecule has 0 bridgehead atoms. The molecular weight excluding hydrogens is 150 g/mol. The van der Waals surface area contributed by atoms with Crippen molar-refractivity contribution in [2.75, 3.05) is 7.05 Å². The first-order valence-electron chi connectivity index (χ1n) is 4.08. The molecule has 0 aliphatic rings. The first-order chi connectivity index (χ1) is 5.65. The summed E-state index contributed by atoms with van der Waals surface area (Å²) in [6.07, 6.45) is 1.86. The van der Waals surface area contributed by atoms with Crippen molar-refractivity contribution in [2.45, 2.75) is 26.7 Å². The van der Waals surface area contributed by atoms with E-state index < -0.39 is 0 Å². The molecule has 66 valence electrons. The van der Waals surface area contributed by atoms with Crippen molar-refractivity contribution in [3.05, 3.63) is 22.8 Å². The van der Waals surface area contributed by atoms with Gasteiger partial charge in [-0.1, -0.05) is 13.8 Å². The molecule has 0 fully saturated rings. The van der Waals surface area contributed by atoms with Crippen LogP contribution in [0.5, 0.6) is 0 Å². The Hall–Kier alpha value is -1.12. The van der Waals surface area contributed by atoms with Gasteiger partial charge in [-0.2, -0.15) is 0 Å². The van der Waals surface area contributed by atoms with Crippen LogP contribution in [0.1, 0.15) is 31.0 Å². The molecular formula is C9H14N3-. The first kappa shape index (κ1) is 8.97. The zero-order valence-electron chi connectivity index (χ0n) is 8.00. The van der Waals surface area contributed by atoms with E-state index in [-0.39, 0.29) is 0 Å². The lowest BCUT2D eigenvalue weighted by Gasteiger charge is -2.15. The molecule has 1 rings (SSSR count). The van der Waals surface area contributed by atoms with E-state index in [1.807, 2.05) is 13.1 Å². The van der Waals surface area contributed by atoms with Crippen LogP contribution in [0.15, 0.2) is 6.20 Å². The highest BCUT2D eigenvalue weighted by molar-refractivity contribution is 5.33. The predicted molar refractivity (Wildman–Crippen MR) is 49.8 cm³/mol. The molecule has 3 nitrogen and oxygen atoms in total. The third-order valence-corrected chi connectivity index (χ3v) is 1.83. The molecule has 0 N–H and O–H groups in total. The Balaban J connectivity index is 3.03. The highest BCUT2D eigenvalue weighted by atomic mass is 15.1. The normalized spacial score (nSPS) is 10.4. The fourth-order valence-electron chi connectivity index (χ4n) is 1.14. The van der Waals surface area contributed by atoms with Crippen molar-refractivity contribution in [3.8, 4) is 0 Å². The molecule has 0 saturated heterocycles. The highest BCUT2D eigenvalue weighted by Crippen LogP contribution is 2.18. The van der Waals surface area contributed by atoms with E-state index in [4.69, 9.17) is 0 Å². The second kappa shape index (κ2) is 3.52. The van der Waals surface area contributed by atoms with Crippen LogP contribution in [0, 0.1) is 6.92 Å². The van der Waals surface area contributed by atoms with E-state index in [1.54, 1.807) is 7.05 Å². The van der Waals surface area contributed by atoms with Gasteiger partial charge in [0.15, 0.2) is 0 Å². The van der Waals surface area contributed by atoms with Crippen LogP contribution in [-0.2, 0) is 0 Å². The van der Waals surface area contributed by atoms with Crippen molar-refractivity contribution in [1.29, 1.82) is 0 Å². The van der Waals surface area contributed by atoms with Gasteiger partial charge in [-0.3, -0.25) is 0 Å². The van der Waals surface area contributed by atoms with Crippen molar-refractivity contribution < 1.29 is 0 Å². The quantitative estimate of drug-likeness (QED) is 0.673. The number of aromatic nitrogens is 2. The van der Waals surface area contributed by atoms with Crippen LogP contribution >= 0.6 is 0 Å². The summed E-state index contributed by atoms with van der Waals surface area (Å²) in [7, 11) is 1.70. The summed E-state index contributed by atoms with van der Waals surface area (Å²) in [4.78, 5) is 8.34. The fraction of sp³-hybridized carbons (Fsp3) is 0.556. The van der Waals surface area contributed by atoms with Crippen molar-refractivity contribution in [2.24, 2.45) is 0 Å². The van der Waals surface area contributed by atoms with Crippen LogP contribution in [0.3, 0.4) is 0 Å². The van der Waals surface area contributed by atoms with E-state index in [2.05, 4.69) is 29.1 Å². The standard InChI is InChI=1S/C9H14N3/c1-6(2)8-5-11-9(10-4)12-7(8)3/h5-6H,1-4H3/q-1. The molecule has 0 amide bonds. The van der Waals surface area contributed by atoms with Crippen LogP contribution in [0.2, 0.25) is 0 Å². The van der Waals surface area contributed by atoms with E-state index in [9.17, 15) is 0 Å². The van der Waals surface area contributed by atoms with Crippen molar-refractivity contribution in [1.82, 2.24) is 9.97 Å². The smallest absolute Gasteiger partial charge is 0.0231 e. The molecule has 0 unspecified atom stereocenters. The average molecular weight is 164 g/mol. The maximum atomic E-state index is 4.24. The molecule has 0 saturated carbocycles.